The van der Waals surface area contributed by atoms with Crippen molar-refractivity contribution in [3.05, 3.63) is 47.8 Å². The molecule has 0 unspecified atom stereocenters. The maximum atomic E-state index is 12.0. The quantitative estimate of drug-likeness (QED) is 0.886. The van der Waals surface area contributed by atoms with Crippen molar-refractivity contribution in [3.8, 4) is 0 Å². The number of rotatable bonds is 6. The fourth-order valence-electron chi connectivity index (χ4n) is 2.20. The van der Waals surface area contributed by atoms with Gasteiger partial charge in [-0.05, 0) is 38.6 Å². The molecule has 0 saturated heterocycles. The first kappa shape index (κ1) is 15.3. The Kier molecular flexibility index (Phi) is 5.11. The summed E-state index contributed by atoms with van der Waals surface area (Å²) in [5, 5.41) is 7.15. The number of anilines is 1. The highest BCUT2D eigenvalue weighted by Crippen LogP contribution is 2.09. The van der Waals surface area contributed by atoms with Gasteiger partial charge in [-0.1, -0.05) is 12.1 Å². The van der Waals surface area contributed by atoms with E-state index in [0.29, 0.717) is 13.1 Å². The summed E-state index contributed by atoms with van der Waals surface area (Å²) in [6, 6.07) is 7.81. The molecule has 0 aliphatic carbocycles. The Labute approximate surface area is 125 Å². The Hall–Kier alpha value is -2.14. The SMILES string of the molecule is CCn1cc(CN(C)CC(=O)Nc2cccc(C)c2)cn1. The van der Waals surface area contributed by atoms with Gasteiger partial charge in [-0.3, -0.25) is 14.4 Å². The molecule has 0 radical (unpaired) electrons. The molecule has 2 rings (SSSR count). The van der Waals surface area contributed by atoms with Gasteiger partial charge in [-0.15, -0.1) is 0 Å². The number of likely N-dealkylation sites (N-methyl/N-ethyl adjacent to an activating group) is 1. The van der Waals surface area contributed by atoms with Crippen molar-refractivity contribution in [3.63, 3.8) is 0 Å². The smallest absolute Gasteiger partial charge is 0.238 e. The van der Waals surface area contributed by atoms with E-state index < -0.39 is 0 Å². The summed E-state index contributed by atoms with van der Waals surface area (Å²) in [4.78, 5) is 14.0. The molecule has 1 aromatic heterocycles. The van der Waals surface area contributed by atoms with E-state index in [2.05, 4.69) is 17.3 Å². The molecule has 0 aliphatic heterocycles. The molecule has 0 saturated carbocycles. The third-order valence-electron chi connectivity index (χ3n) is 3.18. The molecule has 0 atom stereocenters. The minimum atomic E-state index is -0.00835. The largest absolute Gasteiger partial charge is 0.325 e. The Morgan fingerprint density at radius 3 is 2.90 bits per heavy atom. The predicted octanol–water partition coefficient (Wildman–Crippen LogP) is 2.28. The van der Waals surface area contributed by atoms with Crippen LogP contribution >= 0.6 is 0 Å². The van der Waals surface area contributed by atoms with Crippen LogP contribution in [0.25, 0.3) is 0 Å². The summed E-state index contributed by atoms with van der Waals surface area (Å²) < 4.78 is 1.88. The topological polar surface area (TPSA) is 50.2 Å². The molecule has 1 heterocycles. The number of nitrogens with zero attached hydrogens (tertiary/aromatic N) is 3. The van der Waals surface area contributed by atoms with Crippen molar-refractivity contribution in [2.45, 2.75) is 26.9 Å². The lowest BCUT2D eigenvalue weighted by molar-refractivity contribution is -0.117. The van der Waals surface area contributed by atoms with Crippen molar-refractivity contribution in [2.24, 2.45) is 0 Å². The molecule has 1 aromatic carbocycles. The van der Waals surface area contributed by atoms with Gasteiger partial charge in [-0.2, -0.15) is 5.10 Å². The van der Waals surface area contributed by atoms with Gasteiger partial charge in [0.25, 0.3) is 0 Å². The second-order valence-electron chi connectivity index (χ2n) is 5.29. The van der Waals surface area contributed by atoms with E-state index in [4.69, 9.17) is 0 Å². The third-order valence-corrected chi connectivity index (χ3v) is 3.18. The monoisotopic (exact) mass is 286 g/mol. The van der Waals surface area contributed by atoms with Crippen LogP contribution in [0.3, 0.4) is 0 Å². The van der Waals surface area contributed by atoms with Crippen LogP contribution in [-0.2, 0) is 17.9 Å². The molecule has 0 aliphatic rings. The van der Waals surface area contributed by atoms with Crippen LogP contribution in [0.2, 0.25) is 0 Å². The summed E-state index contributed by atoms with van der Waals surface area (Å²) in [6.45, 7) is 5.98. The number of amides is 1. The van der Waals surface area contributed by atoms with Gasteiger partial charge in [0.1, 0.15) is 0 Å². The number of hydrogen-bond acceptors (Lipinski definition) is 3. The van der Waals surface area contributed by atoms with Crippen molar-refractivity contribution in [1.82, 2.24) is 14.7 Å². The summed E-state index contributed by atoms with van der Waals surface area (Å²) >= 11 is 0. The fourth-order valence-corrected chi connectivity index (χ4v) is 2.20. The normalized spacial score (nSPS) is 10.9. The van der Waals surface area contributed by atoms with Crippen LogP contribution in [0.15, 0.2) is 36.7 Å². The summed E-state index contributed by atoms with van der Waals surface area (Å²) in [5.74, 6) is -0.00835. The summed E-state index contributed by atoms with van der Waals surface area (Å²) in [6.07, 6.45) is 3.85. The van der Waals surface area contributed by atoms with Gasteiger partial charge < -0.3 is 5.32 Å². The second-order valence-corrected chi connectivity index (χ2v) is 5.29. The predicted molar refractivity (Wildman–Crippen MR) is 84.0 cm³/mol. The Bertz CT molecular complexity index is 606. The highest BCUT2D eigenvalue weighted by atomic mass is 16.2. The number of benzene rings is 1. The average molecular weight is 286 g/mol. The van der Waals surface area contributed by atoms with Crippen molar-refractivity contribution in [1.29, 1.82) is 0 Å². The van der Waals surface area contributed by atoms with Gasteiger partial charge in [0, 0.05) is 30.5 Å². The van der Waals surface area contributed by atoms with E-state index in [-0.39, 0.29) is 5.91 Å². The first-order valence-corrected chi connectivity index (χ1v) is 7.13. The number of hydrogen-bond donors (Lipinski definition) is 1. The number of aromatic nitrogens is 2. The van der Waals surface area contributed by atoms with Crippen LogP contribution in [0.1, 0.15) is 18.1 Å². The molecular formula is C16H22N4O. The lowest BCUT2D eigenvalue weighted by Crippen LogP contribution is -2.29. The van der Waals surface area contributed by atoms with Gasteiger partial charge in [0.05, 0.1) is 12.7 Å². The average Bonchev–Trinajstić information content (AvgIpc) is 2.85. The van der Waals surface area contributed by atoms with Crippen molar-refractivity contribution < 1.29 is 4.79 Å². The molecule has 1 N–H and O–H groups in total. The van der Waals surface area contributed by atoms with Crippen LogP contribution in [0.5, 0.6) is 0 Å². The third kappa shape index (κ3) is 4.72. The zero-order valence-electron chi connectivity index (χ0n) is 12.8. The number of carbonyl (C=O) groups is 1. The molecular weight excluding hydrogens is 264 g/mol. The van der Waals surface area contributed by atoms with Crippen molar-refractivity contribution in [2.75, 3.05) is 18.9 Å². The zero-order valence-corrected chi connectivity index (χ0v) is 12.8. The first-order chi connectivity index (χ1) is 10.1. The maximum absolute atomic E-state index is 12.0. The Morgan fingerprint density at radius 2 is 2.24 bits per heavy atom. The van der Waals surface area contributed by atoms with Crippen LogP contribution in [-0.4, -0.2) is 34.2 Å². The number of nitrogens with one attached hydrogen (secondary N) is 1. The highest BCUT2D eigenvalue weighted by Gasteiger charge is 2.08. The zero-order chi connectivity index (χ0) is 15.2. The molecule has 21 heavy (non-hydrogen) atoms. The van der Waals surface area contributed by atoms with Gasteiger partial charge in [0.15, 0.2) is 0 Å². The lowest BCUT2D eigenvalue weighted by atomic mass is 10.2. The first-order valence-electron chi connectivity index (χ1n) is 7.13. The molecule has 5 heteroatoms. The van der Waals surface area contributed by atoms with Gasteiger partial charge in [0.2, 0.25) is 5.91 Å². The maximum Gasteiger partial charge on any atom is 0.238 e. The molecule has 0 spiro atoms. The van der Waals surface area contributed by atoms with Crippen LogP contribution < -0.4 is 5.32 Å². The molecule has 1 amide bonds. The van der Waals surface area contributed by atoms with E-state index >= 15 is 0 Å². The molecule has 5 nitrogen and oxygen atoms in total. The van der Waals surface area contributed by atoms with E-state index in [9.17, 15) is 4.79 Å². The molecule has 2 aromatic rings. The van der Waals surface area contributed by atoms with E-state index in [1.165, 1.54) is 0 Å². The van der Waals surface area contributed by atoms with E-state index in [1.807, 2.05) is 60.2 Å². The van der Waals surface area contributed by atoms with Crippen molar-refractivity contribution >= 4 is 11.6 Å². The lowest BCUT2D eigenvalue weighted by Gasteiger charge is -2.15. The van der Waals surface area contributed by atoms with Gasteiger partial charge >= 0.3 is 0 Å². The van der Waals surface area contributed by atoms with Gasteiger partial charge in [-0.25, -0.2) is 0 Å². The number of aryl methyl sites for hydroxylation is 2. The Morgan fingerprint density at radius 1 is 1.43 bits per heavy atom. The second kappa shape index (κ2) is 7.04. The highest BCUT2D eigenvalue weighted by molar-refractivity contribution is 5.92. The Balaban J connectivity index is 1.84. The molecule has 0 bridgehead atoms. The number of carbonyl (C=O) groups excluding carboxylic acids is 1. The summed E-state index contributed by atoms with van der Waals surface area (Å²) in [7, 11) is 1.93. The molecule has 112 valence electrons. The summed E-state index contributed by atoms with van der Waals surface area (Å²) in [5.41, 5.74) is 3.09. The van der Waals surface area contributed by atoms with E-state index in [0.717, 1.165) is 23.4 Å². The minimum Gasteiger partial charge on any atom is -0.325 e. The van der Waals surface area contributed by atoms with Crippen LogP contribution in [0.4, 0.5) is 5.69 Å². The molecule has 0 fully saturated rings. The fraction of sp³-hybridized carbons (Fsp3) is 0.375. The minimum absolute atomic E-state index is 0.00835. The van der Waals surface area contributed by atoms with Crippen LogP contribution in [0, 0.1) is 6.92 Å². The van der Waals surface area contributed by atoms with E-state index in [1.54, 1.807) is 0 Å². The standard InChI is InChI=1S/C16H22N4O/c1-4-20-11-14(9-17-20)10-19(3)12-16(21)18-15-7-5-6-13(2)8-15/h5-9,11H,4,10,12H2,1-3H3,(H,18,21).